The maximum atomic E-state index is 11.0. The van der Waals surface area contributed by atoms with Crippen LogP contribution in [-0.4, -0.2) is 27.7 Å². The normalized spacial score (nSPS) is 20.2. The Hall–Kier alpha value is -1.02. The molecule has 0 aliphatic heterocycles. The molecule has 0 fully saturated rings. The van der Waals surface area contributed by atoms with E-state index in [0.29, 0.717) is 11.8 Å². The van der Waals surface area contributed by atoms with Gasteiger partial charge in [-0.05, 0) is 22.6 Å². The summed E-state index contributed by atoms with van der Waals surface area (Å²) in [5.74, 6) is 0.677. The van der Waals surface area contributed by atoms with Gasteiger partial charge < -0.3 is 9.11 Å². The molecule has 5 atom stereocenters. The molecule has 4 nitrogen and oxygen atoms in total. The Morgan fingerprint density at radius 1 is 0.900 bits per heavy atom. The summed E-state index contributed by atoms with van der Waals surface area (Å²) in [5, 5.41) is 0. The summed E-state index contributed by atoms with van der Waals surface area (Å²) in [5.41, 5.74) is 3.75. The molecule has 0 radical (unpaired) electrons. The maximum Gasteiger partial charge on any atom is 0.141 e. The number of rotatable bonds is 6. The Bertz CT molecular complexity index is 707. The monoisotopic (exact) mass is 452 g/mol. The van der Waals surface area contributed by atoms with Gasteiger partial charge in [-0.15, -0.1) is 0 Å². The van der Waals surface area contributed by atoms with Crippen molar-refractivity contribution in [1.29, 1.82) is 0 Å². The molecule has 0 saturated carbocycles. The molecule has 6 heteroatoms. The van der Waals surface area contributed by atoms with E-state index >= 15 is 0 Å². The predicted molar refractivity (Wildman–Crippen MR) is 128 cm³/mol. The lowest BCUT2D eigenvalue weighted by molar-refractivity contribution is 0.163. The summed E-state index contributed by atoms with van der Waals surface area (Å²) >= 11 is -2.38. The zero-order valence-corrected chi connectivity index (χ0v) is 20.8. The lowest BCUT2D eigenvalue weighted by Gasteiger charge is -2.19. The zero-order chi connectivity index (χ0) is 22.7. The first kappa shape index (κ1) is 27.0. The van der Waals surface area contributed by atoms with Crippen LogP contribution in [0.2, 0.25) is 0 Å². The van der Waals surface area contributed by atoms with Gasteiger partial charge in [0.15, 0.2) is 0 Å². The topological polar surface area (TPSA) is 64.6 Å². The first-order chi connectivity index (χ1) is 14.3. The van der Waals surface area contributed by atoms with Crippen LogP contribution in [0.3, 0.4) is 0 Å². The Balaban J connectivity index is 0.000000277. The highest BCUT2D eigenvalue weighted by Gasteiger charge is 2.32. The molecule has 0 N–H and O–H groups in total. The van der Waals surface area contributed by atoms with Crippen molar-refractivity contribution >= 4 is 22.9 Å². The van der Waals surface area contributed by atoms with Gasteiger partial charge in [-0.3, -0.25) is 0 Å². The first-order valence-corrected chi connectivity index (χ1v) is 13.4. The van der Waals surface area contributed by atoms with Gasteiger partial charge in [0.1, 0.15) is 47.6 Å². The Labute approximate surface area is 189 Å². The van der Waals surface area contributed by atoms with Gasteiger partial charge in [0.2, 0.25) is 0 Å². The molecule has 0 spiro atoms. The average Bonchev–Trinajstić information content (AvgIpc) is 3.03. The number of benzene rings is 2. The molecular formula is C24H36O4S2. The fourth-order valence-electron chi connectivity index (χ4n) is 3.39. The highest BCUT2D eigenvalue weighted by Crippen LogP contribution is 2.35. The molecule has 1 aliphatic rings. The Morgan fingerprint density at radius 3 is 1.97 bits per heavy atom. The Morgan fingerprint density at radius 2 is 1.47 bits per heavy atom. The molecule has 3 rings (SSSR count). The smallest absolute Gasteiger partial charge is 0.141 e. The van der Waals surface area contributed by atoms with E-state index in [1.165, 1.54) is 11.1 Å². The van der Waals surface area contributed by atoms with E-state index in [-0.39, 0.29) is 12.2 Å². The summed E-state index contributed by atoms with van der Waals surface area (Å²) in [7, 11) is 0. The van der Waals surface area contributed by atoms with E-state index in [9.17, 15) is 9.11 Å². The number of fused-ring (bicyclic) bond motifs is 1. The van der Waals surface area contributed by atoms with E-state index < -0.39 is 22.9 Å². The second kappa shape index (κ2) is 14.1. The standard InChI is InChI=1S/C11H14O2S.C11H16O2S.C2H6/c1-8-10-6-4-3-5-9(10)7-11(8)13-14(2)12;1-9(2)11(13-14(3)12)10-7-5-4-6-8-10;1-2/h3-6,8,11H,7H2,1-2H3;4-9,11H,1-3H3;1-2H3. The van der Waals surface area contributed by atoms with Crippen molar-refractivity contribution in [2.24, 2.45) is 5.92 Å². The van der Waals surface area contributed by atoms with Crippen LogP contribution in [0.15, 0.2) is 54.6 Å². The molecule has 2 aromatic carbocycles. The summed E-state index contributed by atoms with van der Waals surface area (Å²) in [6.07, 6.45) is 4.02. The molecule has 1 aliphatic carbocycles. The quantitative estimate of drug-likeness (QED) is 0.524. The van der Waals surface area contributed by atoms with Crippen molar-refractivity contribution < 1.29 is 17.5 Å². The van der Waals surface area contributed by atoms with E-state index in [0.717, 1.165) is 12.0 Å². The minimum absolute atomic E-state index is 0.0815. The average molecular weight is 453 g/mol. The molecular weight excluding hydrogens is 416 g/mol. The van der Waals surface area contributed by atoms with Crippen LogP contribution in [0.1, 0.15) is 63.3 Å². The first-order valence-electron chi connectivity index (χ1n) is 10.4. The van der Waals surface area contributed by atoms with Crippen molar-refractivity contribution in [3.8, 4) is 0 Å². The molecule has 30 heavy (non-hydrogen) atoms. The largest absolute Gasteiger partial charge is 0.586 e. The van der Waals surface area contributed by atoms with E-state index in [4.69, 9.17) is 8.37 Å². The van der Waals surface area contributed by atoms with Crippen LogP contribution in [0.5, 0.6) is 0 Å². The van der Waals surface area contributed by atoms with Crippen LogP contribution < -0.4 is 0 Å². The fraction of sp³-hybridized carbons (Fsp3) is 0.500. The lowest BCUT2D eigenvalue weighted by Crippen LogP contribution is -2.20. The maximum absolute atomic E-state index is 11.0. The molecule has 0 heterocycles. The molecule has 0 saturated heterocycles. The van der Waals surface area contributed by atoms with Crippen LogP contribution >= 0.6 is 0 Å². The molecule has 168 valence electrons. The van der Waals surface area contributed by atoms with Crippen LogP contribution in [0.25, 0.3) is 0 Å². The van der Waals surface area contributed by atoms with Crippen LogP contribution in [-0.2, 0) is 37.7 Å². The molecule has 2 aromatic rings. The van der Waals surface area contributed by atoms with E-state index in [2.05, 4.69) is 32.9 Å². The third kappa shape index (κ3) is 8.61. The number of hydrogen-bond donors (Lipinski definition) is 0. The third-order valence-corrected chi connectivity index (χ3v) is 5.75. The highest BCUT2D eigenvalue weighted by atomic mass is 32.2. The predicted octanol–water partition coefficient (Wildman–Crippen LogP) is 5.74. The van der Waals surface area contributed by atoms with Gasteiger partial charge >= 0.3 is 0 Å². The van der Waals surface area contributed by atoms with Gasteiger partial charge in [0, 0.05) is 12.3 Å². The summed E-state index contributed by atoms with van der Waals surface area (Å²) in [6.45, 7) is 10.2. The minimum atomic E-state index is -1.22. The van der Waals surface area contributed by atoms with Crippen molar-refractivity contribution in [2.75, 3.05) is 12.5 Å². The number of hydrogen-bond acceptors (Lipinski definition) is 4. The second-order valence-corrected chi connectivity index (χ2v) is 9.29. The zero-order valence-electron chi connectivity index (χ0n) is 19.2. The molecule has 0 bridgehead atoms. The molecule has 0 amide bonds. The van der Waals surface area contributed by atoms with E-state index in [1.807, 2.05) is 56.3 Å². The van der Waals surface area contributed by atoms with Crippen LogP contribution in [0, 0.1) is 5.92 Å². The Kier molecular flexibility index (Phi) is 12.7. The second-order valence-electron chi connectivity index (χ2n) is 7.30. The SMILES string of the molecule is CC.CC(C)C(O[S+](C)[O-])c1ccccc1.CC1c2ccccc2CC1O[S+](C)[O-]. The van der Waals surface area contributed by atoms with Gasteiger partial charge in [-0.2, -0.15) is 8.37 Å². The molecule has 0 aromatic heterocycles. The van der Waals surface area contributed by atoms with Gasteiger partial charge in [0.05, 0.1) is 0 Å². The van der Waals surface area contributed by atoms with Crippen LogP contribution in [0.4, 0.5) is 0 Å². The summed E-state index contributed by atoms with van der Waals surface area (Å²) < 4.78 is 32.8. The van der Waals surface area contributed by atoms with E-state index in [1.54, 1.807) is 12.5 Å². The van der Waals surface area contributed by atoms with Gasteiger partial charge in [-0.1, -0.05) is 89.2 Å². The van der Waals surface area contributed by atoms with Crippen molar-refractivity contribution in [1.82, 2.24) is 0 Å². The molecule has 5 unspecified atom stereocenters. The van der Waals surface area contributed by atoms with Crippen molar-refractivity contribution in [3.63, 3.8) is 0 Å². The van der Waals surface area contributed by atoms with Gasteiger partial charge in [0.25, 0.3) is 0 Å². The summed E-state index contributed by atoms with van der Waals surface area (Å²) in [4.78, 5) is 0. The van der Waals surface area contributed by atoms with Crippen molar-refractivity contribution in [2.45, 2.75) is 59.2 Å². The van der Waals surface area contributed by atoms with Gasteiger partial charge in [-0.25, -0.2) is 0 Å². The third-order valence-electron chi connectivity index (χ3n) is 4.76. The minimum Gasteiger partial charge on any atom is -0.586 e. The highest BCUT2D eigenvalue weighted by molar-refractivity contribution is 7.86. The lowest BCUT2D eigenvalue weighted by atomic mass is 9.99. The van der Waals surface area contributed by atoms with Crippen molar-refractivity contribution in [3.05, 3.63) is 71.3 Å². The summed E-state index contributed by atoms with van der Waals surface area (Å²) in [6, 6.07) is 18.2. The fourth-order valence-corrected chi connectivity index (χ4v) is 4.60.